The van der Waals surface area contributed by atoms with E-state index in [0.29, 0.717) is 18.1 Å². The number of imidazole rings is 1. The van der Waals surface area contributed by atoms with Crippen molar-refractivity contribution in [1.29, 1.82) is 0 Å². The lowest BCUT2D eigenvalue weighted by molar-refractivity contribution is 0.182. The molecule has 3 heterocycles. The number of likely N-dealkylation sites (N-methyl/N-ethyl adjacent to an activating group) is 1. The number of nitrogens with one attached hydrogen (secondary N) is 1. The molecule has 1 aromatic rings. The van der Waals surface area contributed by atoms with Crippen LogP contribution in [0.4, 0.5) is 4.79 Å². The van der Waals surface area contributed by atoms with Gasteiger partial charge in [-0.25, -0.2) is 9.78 Å². The number of aromatic nitrogens is 2. The number of likely N-dealkylation sites (tertiary alicyclic amines) is 1. The highest BCUT2D eigenvalue weighted by molar-refractivity contribution is 5.74. The highest BCUT2D eigenvalue weighted by atomic mass is 16.2. The van der Waals surface area contributed by atoms with E-state index in [0.717, 1.165) is 32.4 Å². The Morgan fingerprint density at radius 2 is 2.04 bits per heavy atom. The molecule has 6 nitrogen and oxygen atoms in total. The van der Waals surface area contributed by atoms with Gasteiger partial charge >= 0.3 is 6.03 Å². The zero-order valence-corrected chi connectivity index (χ0v) is 13.9. The fraction of sp³-hybridized carbons (Fsp3) is 0.765. The van der Waals surface area contributed by atoms with Crippen LogP contribution in [0.1, 0.15) is 44.6 Å². The number of hydrogen-bond acceptors (Lipinski definition) is 3. The van der Waals surface area contributed by atoms with Gasteiger partial charge in [0.15, 0.2) is 0 Å². The highest BCUT2D eigenvalue weighted by Gasteiger charge is 2.37. The molecule has 4 rings (SSSR count). The van der Waals surface area contributed by atoms with Gasteiger partial charge < -0.3 is 14.8 Å². The van der Waals surface area contributed by atoms with E-state index in [2.05, 4.69) is 26.8 Å². The van der Waals surface area contributed by atoms with Gasteiger partial charge in [0.25, 0.3) is 0 Å². The minimum atomic E-state index is 0.128. The van der Waals surface area contributed by atoms with Gasteiger partial charge in [0.2, 0.25) is 0 Å². The van der Waals surface area contributed by atoms with E-state index in [4.69, 9.17) is 0 Å². The van der Waals surface area contributed by atoms with Crippen molar-refractivity contribution in [1.82, 2.24) is 24.7 Å². The van der Waals surface area contributed by atoms with Gasteiger partial charge in [0, 0.05) is 37.6 Å². The predicted molar refractivity (Wildman–Crippen MR) is 88.2 cm³/mol. The topological polar surface area (TPSA) is 53.4 Å². The Labute approximate surface area is 137 Å². The first-order valence-electron chi connectivity index (χ1n) is 8.97. The minimum Gasteiger partial charge on any atom is -0.333 e. The molecule has 1 aliphatic carbocycles. The second-order valence-corrected chi connectivity index (χ2v) is 7.35. The van der Waals surface area contributed by atoms with E-state index >= 15 is 0 Å². The minimum absolute atomic E-state index is 0.128. The van der Waals surface area contributed by atoms with Gasteiger partial charge in [-0.1, -0.05) is 0 Å². The van der Waals surface area contributed by atoms with Crippen molar-refractivity contribution < 1.29 is 4.79 Å². The summed E-state index contributed by atoms with van der Waals surface area (Å²) in [6, 6.07) is 1.93. The van der Waals surface area contributed by atoms with Crippen molar-refractivity contribution in [2.24, 2.45) is 0 Å². The molecule has 1 N–H and O–H groups in total. The molecule has 4 atom stereocenters. The van der Waals surface area contributed by atoms with Crippen molar-refractivity contribution in [3.63, 3.8) is 0 Å². The summed E-state index contributed by atoms with van der Waals surface area (Å²) in [7, 11) is 2.22. The van der Waals surface area contributed by atoms with E-state index in [1.54, 1.807) is 0 Å². The van der Waals surface area contributed by atoms with Gasteiger partial charge in [0.05, 0.1) is 18.4 Å². The van der Waals surface area contributed by atoms with Crippen molar-refractivity contribution in [3.05, 3.63) is 18.7 Å². The molecule has 6 heteroatoms. The smallest absolute Gasteiger partial charge is 0.317 e. The largest absolute Gasteiger partial charge is 0.333 e. The molecule has 0 spiro atoms. The number of carbonyl (C=O) groups excluding carboxylic acids is 1. The van der Waals surface area contributed by atoms with Crippen molar-refractivity contribution >= 4 is 6.03 Å². The third-order valence-electron chi connectivity index (χ3n) is 6.13. The Morgan fingerprint density at radius 3 is 2.87 bits per heavy atom. The summed E-state index contributed by atoms with van der Waals surface area (Å²) in [6.45, 7) is 1.76. The Kier molecular flexibility index (Phi) is 4.01. The number of urea groups is 1. The van der Waals surface area contributed by atoms with Gasteiger partial charge in [-0.2, -0.15) is 0 Å². The molecular weight excluding hydrogens is 290 g/mol. The lowest BCUT2D eigenvalue weighted by atomic mass is 10.1. The first-order valence-corrected chi connectivity index (χ1v) is 8.97. The first kappa shape index (κ1) is 15.0. The summed E-state index contributed by atoms with van der Waals surface area (Å²) in [5, 5.41) is 3.31. The number of fused-ring (bicyclic) bond motifs is 2. The average Bonchev–Trinajstić information content (AvgIpc) is 3.21. The van der Waals surface area contributed by atoms with Crippen LogP contribution in [0.15, 0.2) is 18.7 Å². The quantitative estimate of drug-likeness (QED) is 0.906. The molecule has 2 bridgehead atoms. The number of carbonyl (C=O) groups is 1. The zero-order valence-electron chi connectivity index (χ0n) is 13.9. The van der Waals surface area contributed by atoms with Crippen LogP contribution in [0, 0.1) is 0 Å². The number of hydrogen-bond donors (Lipinski definition) is 1. The number of amides is 2. The molecule has 1 aromatic heterocycles. The molecule has 1 saturated carbocycles. The predicted octanol–water partition coefficient (Wildman–Crippen LogP) is 1.85. The maximum atomic E-state index is 12.8. The SMILES string of the molecule is CN1[C@H]2CC[C@H]1CN(C(=O)N[C@H]1CCC[C@@H]1n1ccnc1)CC2. The summed E-state index contributed by atoms with van der Waals surface area (Å²) in [4.78, 5) is 21.5. The molecule has 2 amide bonds. The van der Waals surface area contributed by atoms with Crippen LogP contribution in [-0.2, 0) is 0 Å². The van der Waals surface area contributed by atoms with E-state index < -0.39 is 0 Å². The molecule has 2 aliphatic heterocycles. The molecule has 2 saturated heterocycles. The average molecular weight is 317 g/mol. The molecule has 3 aliphatic rings. The molecule has 0 radical (unpaired) electrons. The molecule has 3 fully saturated rings. The molecular formula is C17H27N5O. The van der Waals surface area contributed by atoms with E-state index in [-0.39, 0.29) is 12.1 Å². The van der Waals surface area contributed by atoms with Gasteiger partial charge in [-0.15, -0.1) is 0 Å². The van der Waals surface area contributed by atoms with Crippen LogP contribution in [0.2, 0.25) is 0 Å². The Morgan fingerprint density at radius 1 is 1.17 bits per heavy atom. The standard InChI is InChI=1S/C17H27N5O/c1-20-13-5-6-14(20)11-21(9-7-13)17(23)19-15-3-2-4-16(15)22-10-8-18-12-22/h8,10,12-16H,2-7,9,11H2,1H3,(H,19,23)/t13-,14-,15-,16-/m0/s1. The summed E-state index contributed by atoms with van der Waals surface area (Å²) in [6.07, 6.45) is 12.7. The third-order valence-corrected chi connectivity index (χ3v) is 6.13. The van der Waals surface area contributed by atoms with E-state index in [1.807, 2.05) is 23.6 Å². The lowest BCUT2D eigenvalue weighted by Crippen LogP contribution is -2.49. The van der Waals surface area contributed by atoms with E-state index in [9.17, 15) is 4.79 Å². The monoisotopic (exact) mass is 317 g/mol. The Bertz CT molecular complexity index is 545. The zero-order chi connectivity index (χ0) is 15.8. The van der Waals surface area contributed by atoms with Gasteiger partial charge in [0.1, 0.15) is 0 Å². The van der Waals surface area contributed by atoms with Crippen molar-refractivity contribution in [3.8, 4) is 0 Å². The third kappa shape index (κ3) is 2.84. The molecule has 126 valence electrons. The summed E-state index contributed by atoms with van der Waals surface area (Å²) >= 11 is 0. The first-order chi connectivity index (χ1) is 11.2. The van der Waals surface area contributed by atoms with Crippen molar-refractivity contribution in [2.75, 3.05) is 20.1 Å². The molecule has 23 heavy (non-hydrogen) atoms. The van der Waals surface area contributed by atoms with Crippen LogP contribution in [0.5, 0.6) is 0 Å². The van der Waals surface area contributed by atoms with Crippen molar-refractivity contribution in [2.45, 2.75) is 62.7 Å². The summed E-state index contributed by atoms with van der Waals surface area (Å²) < 4.78 is 2.15. The van der Waals surface area contributed by atoms with Crippen LogP contribution >= 0.6 is 0 Å². The summed E-state index contributed by atoms with van der Waals surface area (Å²) in [5.74, 6) is 0. The maximum Gasteiger partial charge on any atom is 0.317 e. The van der Waals surface area contributed by atoms with Crippen LogP contribution in [0.25, 0.3) is 0 Å². The second-order valence-electron chi connectivity index (χ2n) is 7.35. The Balaban J connectivity index is 1.39. The highest BCUT2D eigenvalue weighted by Crippen LogP contribution is 2.31. The number of rotatable bonds is 2. The molecule has 0 aromatic carbocycles. The van der Waals surface area contributed by atoms with Gasteiger partial charge in [-0.3, -0.25) is 4.90 Å². The fourth-order valence-corrected chi connectivity index (χ4v) is 4.67. The van der Waals surface area contributed by atoms with Gasteiger partial charge in [-0.05, 0) is 45.6 Å². The normalized spacial score (nSPS) is 34.6. The fourth-order valence-electron chi connectivity index (χ4n) is 4.67. The molecule has 0 unspecified atom stereocenters. The maximum absolute atomic E-state index is 12.8. The lowest BCUT2D eigenvalue weighted by Gasteiger charge is -2.29. The number of nitrogens with zero attached hydrogens (tertiary/aromatic N) is 4. The Hall–Kier alpha value is -1.56. The van der Waals surface area contributed by atoms with Crippen LogP contribution < -0.4 is 5.32 Å². The summed E-state index contributed by atoms with van der Waals surface area (Å²) in [5.41, 5.74) is 0. The van der Waals surface area contributed by atoms with Crippen LogP contribution in [-0.4, -0.2) is 63.6 Å². The van der Waals surface area contributed by atoms with Crippen LogP contribution in [0.3, 0.4) is 0 Å². The second kappa shape index (κ2) is 6.15. The van der Waals surface area contributed by atoms with E-state index in [1.165, 1.54) is 19.3 Å².